The van der Waals surface area contributed by atoms with Crippen LogP contribution in [0.15, 0.2) is 274 Å². The molecule has 0 atom stereocenters. The van der Waals surface area contributed by atoms with Crippen molar-refractivity contribution in [2.24, 2.45) is 0 Å². The van der Waals surface area contributed by atoms with Gasteiger partial charge in [0.15, 0.2) is 8.32 Å². The second-order valence-electron chi connectivity index (χ2n) is 33.4. The lowest BCUT2D eigenvalue weighted by Gasteiger charge is -2.43. The number of nitrogens with zero attached hydrogens (tertiary/aromatic N) is 11. The molecule has 16 aromatic rings. The molecule has 0 unspecified atom stereocenters. The molecule has 5 N–H and O–H groups in total. The molecule has 0 aliphatic carbocycles. The highest BCUT2D eigenvalue weighted by molar-refractivity contribution is 9.11. The molecule has 0 fully saturated rings. The molecule has 25 nitrogen and oxygen atoms in total. The fourth-order valence-corrected chi connectivity index (χ4v) is 22.1. The van der Waals surface area contributed by atoms with Gasteiger partial charge in [0.05, 0.1) is 109 Å². The average Bonchev–Trinajstić information content (AvgIpc) is 0.775. The Morgan fingerprint density at radius 3 is 1.43 bits per heavy atom. The Labute approximate surface area is 811 Å². The summed E-state index contributed by atoms with van der Waals surface area (Å²) in [5.74, 6) is 2.27. The number of aliphatic hydroxyl groups is 2. The normalized spacial score (nSPS) is 11.2. The minimum atomic E-state index is -1.73. The second-order valence-corrected chi connectivity index (χ2v) is 47.6. The van der Waals surface area contributed by atoms with E-state index in [1.165, 1.54) is 107 Å². The molecule has 35 heteroatoms. The number of pyridine rings is 2. The monoisotopic (exact) mass is 2090 g/mol. The zero-order valence-electron chi connectivity index (χ0n) is 76.3. The number of aryl methyl sites for hydroxylation is 3. The third kappa shape index (κ3) is 30.9. The number of methoxy groups -OCH3 is 2. The van der Waals surface area contributed by atoms with Crippen molar-refractivity contribution in [1.82, 2.24) is 58.1 Å². The first-order valence-electron chi connectivity index (χ1n) is 41.8. The average molecular weight is 2090 g/mol. The highest BCUT2D eigenvalue weighted by Gasteiger charge is 2.39. The Morgan fingerprint density at radius 1 is 0.492 bits per heavy atom. The van der Waals surface area contributed by atoms with E-state index in [2.05, 4.69) is 253 Å². The SMILES string of the molecule is CC(C)(C)P(c1ccc2ccccc2c1-c1cccc2ccccc12)C(C)(C)C.CC(C)(C)[Si](C)(C)OCCn1cc(Br)ncc1=O.COc1ccc2c(Cl)ccnc2c1.COc1ccc2c(OCCn3cc(-c4cc(C)cs4)ncc3=O)ccnc2c1.Cc1csc(-c2cn(CCO)c(=O)cn2)c1.Cc1csc(B(O)O)c1.O=c1cnc(Br)c[nH]1.O=c1cnc(Br)cn1CCO. The summed E-state index contributed by atoms with van der Waals surface area (Å²) in [6.45, 7) is 33.9. The zero-order chi connectivity index (χ0) is 96.2. The molecule has 132 heavy (non-hydrogen) atoms. The number of H-pyrrole nitrogens is 1. The van der Waals surface area contributed by atoms with E-state index in [-0.39, 0.29) is 56.4 Å². The number of hydrogen-bond acceptors (Lipinski definition) is 23. The molecule has 0 spiro atoms. The summed E-state index contributed by atoms with van der Waals surface area (Å²) in [5, 5.41) is 50.6. The number of ether oxygens (including phenoxy) is 3. The van der Waals surface area contributed by atoms with E-state index < -0.39 is 23.4 Å². The summed E-state index contributed by atoms with van der Waals surface area (Å²) in [5.41, 5.74) is 8.61. The van der Waals surface area contributed by atoms with Gasteiger partial charge in [0.2, 0.25) is 0 Å². The minimum Gasteiger partial charge on any atom is -0.497 e. The molecular formula is C97H108BBr3ClN12O13PS3Si. The van der Waals surface area contributed by atoms with Crippen LogP contribution in [-0.4, -0.2) is 145 Å². The van der Waals surface area contributed by atoms with E-state index in [1.807, 2.05) is 80.1 Å². The van der Waals surface area contributed by atoms with Gasteiger partial charge >= 0.3 is 7.12 Å². The lowest BCUT2D eigenvalue weighted by Crippen LogP contribution is -2.41. The van der Waals surface area contributed by atoms with E-state index in [1.54, 1.807) is 95.3 Å². The van der Waals surface area contributed by atoms with E-state index in [4.69, 9.17) is 50.5 Å². The number of fused-ring (bicyclic) bond motifs is 4. The van der Waals surface area contributed by atoms with E-state index in [0.717, 1.165) is 65.8 Å². The Hall–Kier alpha value is -10.2. The van der Waals surface area contributed by atoms with Crippen LogP contribution in [0.1, 0.15) is 79.0 Å². The van der Waals surface area contributed by atoms with Crippen LogP contribution in [0.3, 0.4) is 0 Å². The van der Waals surface area contributed by atoms with Gasteiger partial charge in [-0.05, 0) is 222 Å². The number of rotatable bonds is 19. The predicted molar refractivity (Wildman–Crippen MR) is 554 cm³/mol. The zero-order valence-corrected chi connectivity index (χ0v) is 86.2. The molecule has 0 saturated carbocycles. The van der Waals surface area contributed by atoms with Crippen LogP contribution in [0.2, 0.25) is 23.2 Å². The van der Waals surface area contributed by atoms with E-state index in [0.29, 0.717) is 63.0 Å². The summed E-state index contributed by atoms with van der Waals surface area (Å²) >= 11 is 20.0. The molecule has 0 saturated heterocycles. The Balaban J connectivity index is 0.000000176. The van der Waals surface area contributed by atoms with Crippen LogP contribution in [0.25, 0.3) is 75.6 Å². The van der Waals surface area contributed by atoms with Crippen molar-refractivity contribution in [2.75, 3.05) is 40.6 Å². The van der Waals surface area contributed by atoms with Gasteiger partial charge in [0, 0.05) is 90.7 Å². The molecule has 0 amide bonds. The Morgan fingerprint density at radius 2 is 0.955 bits per heavy atom. The number of aliphatic hydroxyl groups excluding tert-OH is 2. The van der Waals surface area contributed by atoms with Crippen LogP contribution in [0, 0.1) is 20.8 Å². The summed E-state index contributed by atoms with van der Waals surface area (Å²) in [7, 11) is -0.190. The fraction of sp³-hybridized carbons (Fsp3) is 0.278. The third-order valence-corrected chi connectivity index (χ3v) is 33.2. The minimum absolute atomic E-state index is 0.0453. The molecule has 0 aliphatic heterocycles. The van der Waals surface area contributed by atoms with Crippen molar-refractivity contribution < 1.29 is 38.9 Å². The standard InChI is InChI=1S/C28H31P.C21H19N3O3S.C12H21BrN2O2Si.C11H12N2O2S.C10H8ClNO.C6H7BrN2O2.C5H7BO2S.C4H3BrN2O/c1-27(2,3)29(28(4,5)6)25-19-18-21-13-8-10-16-23(21)26(25)24-17-11-14-20-12-7-9-15-22(20)24;1-14-9-20(28-13-14)18-12-24(21(25)11-23-18)7-8-27-19-5-6-22-17-10-15(26-2)3-4-16(17)19;1-12(2,3)18(4,5)17-7-6-15-9-10(13)14-8-11(15)16;1-8-4-10(16-7-8)9-6-13(2-3-14)11(15)5-12-9;1-13-7-2-3-8-9(11)4-5-12-10(8)6-7;7-5-4-9(1-2-10)6(11)3-8-5;1-4-2-5(6(7)8)9-3-4;5-3-1-7-4(8)2-6-3/h7-19H,1-6H3;3-6,9-13H,7-8H2,1-2H3;8-9H,6-7H2,1-5H3;4-7,14H,2-3H2,1H3;2-6H,1H3;3-4,10H,1-2H2;2-3,7-8H,1H3;1-2H,(H,7,8). The molecule has 0 aliphatic rings. The Kier molecular flexibility index (Phi) is 39.7. The van der Waals surface area contributed by atoms with Gasteiger partial charge in [-0.1, -0.05) is 161 Å². The highest BCUT2D eigenvalue weighted by atomic mass is 79.9. The van der Waals surface area contributed by atoms with Gasteiger partial charge in [-0.2, -0.15) is 11.3 Å². The lowest BCUT2D eigenvalue weighted by atomic mass is 9.89. The van der Waals surface area contributed by atoms with Crippen LogP contribution in [0.5, 0.6) is 17.2 Å². The molecule has 6 aromatic carbocycles. The number of hydrogen-bond donors (Lipinski definition) is 5. The van der Waals surface area contributed by atoms with Gasteiger partial charge in [-0.3, -0.25) is 33.9 Å². The smallest absolute Gasteiger partial charge is 0.497 e. The van der Waals surface area contributed by atoms with Crippen molar-refractivity contribution in [3.8, 4) is 49.5 Å². The van der Waals surface area contributed by atoms with Crippen molar-refractivity contribution in [2.45, 2.75) is 138 Å². The van der Waals surface area contributed by atoms with Gasteiger partial charge in [0.25, 0.3) is 27.8 Å². The predicted octanol–water partition coefficient (Wildman–Crippen LogP) is 19.7. The maximum absolute atomic E-state index is 12.2. The van der Waals surface area contributed by atoms with Crippen molar-refractivity contribution in [1.29, 1.82) is 0 Å². The lowest BCUT2D eigenvalue weighted by molar-refractivity contribution is 0.270. The first kappa shape index (κ1) is 105. The van der Waals surface area contributed by atoms with Crippen LogP contribution in [-0.2, 0) is 30.6 Å². The maximum Gasteiger partial charge on any atom is 0.499 e. The third-order valence-electron chi connectivity index (χ3n) is 20.3. The van der Waals surface area contributed by atoms with Crippen molar-refractivity contribution in [3.05, 3.63) is 323 Å². The number of thiophene rings is 3. The number of aromatic nitrogens is 12. The second kappa shape index (κ2) is 49.7. The fourth-order valence-electron chi connectivity index (χ4n) is 13.3. The quantitative estimate of drug-likeness (QED) is 0.0371. The summed E-state index contributed by atoms with van der Waals surface area (Å²) < 4.78 is 30.9. The first-order chi connectivity index (χ1) is 62.7. The largest absolute Gasteiger partial charge is 0.499 e. The van der Waals surface area contributed by atoms with Crippen LogP contribution >= 0.6 is 101 Å². The van der Waals surface area contributed by atoms with Crippen LogP contribution in [0.4, 0.5) is 0 Å². The van der Waals surface area contributed by atoms with E-state index >= 15 is 0 Å². The molecule has 0 bridgehead atoms. The highest BCUT2D eigenvalue weighted by Crippen LogP contribution is 2.60. The summed E-state index contributed by atoms with van der Waals surface area (Å²) in [6.07, 6.45) is 18.0. The number of halogens is 4. The van der Waals surface area contributed by atoms with Gasteiger partial charge in [0.1, 0.15) is 37.7 Å². The molecule has 16 rings (SSSR count). The van der Waals surface area contributed by atoms with Gasteiger partial charge < -0.3 is 62.2 Å². The number of aromatic amines is 1. The number of nitrogens with one attached hydrogen (secondary N) is 1. The topological polar surface area (TPSA) is 329 Å². The maximum atomic E-state index is 12.2. The molecule has 692 valence electrons. The van der Waals surface area contributed by atoms with Crippen LogP contribution < -0.4 is 52.1 Å². The van der Waals surface area contributed by atoms with Crippen molar-refractivity contribution >= 4 is 170 Å². The summed E-state index contributed by atoms with van der Waals surface area (Å²) in [4.78, 5) is 89.0. The Bertz CT molecular complexity index is 6800. The number of benzene rings is 6. The van der Waals surface area contributed by atoms with E-state index in [9.17, 15) is 24.0 Å². The molecule has 0 radical (unpaired) electrons. The van der Waals surface area contributed by atoms with Gasteiger partial charge in [-0.15, -0.1) is 22.7 Å². The molecular weight excluding hydrogens is 1980 g/mol. The molecule has 10 heterocycles. The van der Waals surface area contributed by atoms with Crippen molar-refractivity contribution in [3.63, 3.8) is 0 Å². The van der Waals surface area contributed by atoms with Gasteiger partial charge in [-0.25, -0.2) is 24.9 Å². The molecule has 10 aromatic heterocycles. The first-order valence-corrected chi connectivity index (χ1v) is 51.4. The summed E-state index contributed by atoms with van der Waals surface area (Å²) in [6, 6.07) is 49.9.